The average molecular weight is 568 g/mol. The summed E-state index contributed by atoms with van der Waals surface area (Å²) >= 11 is 0. The number of piperazine rings is 1. The van der Waals surface area contributed by atoms with Gasteiger partial charge in [-0.3, -0.25) is 4.79 Å². The Hall–Kier alpha value is -4.20. The number of hydrogen-bond donors (Lipinski definition) is 0. The first-order chi connectivity index (χ1) is 20.5. The molecule has 3 aromatic rings. The van der Waals surface area contributed by atoms with Crippen molar-refractivity contribution in [3.05, 3.63) is 66.4 Å². The number of anilines is 2. The molecule has 6 rings (SSSR count). The number of rotatable bonds is 7. The number of likely N-dealkylation sites (N-methyl/N-ethyl adjacent to an activating group) is 1. The van der Waals surface area contributed by atoms with E-state index in [-0.39, 0.29) is 24.5 Å². The molecule has 0 saturated carbocycles. The van der Waals surface area contributed by atoms with E-state index in [1.54, 1.807) is 4.90 Å². The molecular formula is C32H37N7O3. The van der Waals surface area contributed by atoms with Gasteiger partial charge in [-0.2, -0.15) is 15.2 Å². The van der Waals surface area contributed by atoms with Gasteiger partial charge in [0.2, 0.25) is 5.91 Å². The van der Waals surface area contributed by atoms with Gasteiger partial charge < -0.3 is 29.1 Å². The van der Waals surface area contributed by atoms with Crippen LogP contribution < -0.4 is 14.5 Å². The summed E-state index contributed by atoms with van der Waals surface area (Å²) in [7, 11) is 2.08. The number of fused-ring (bicyclic) bond motifs is 2. The molecule has 1 aromatic heterocycles. The Balaban J connectivity index is 1.31. The lowest BCUT2D eigenvalue weighted by molar-refractivity contribution is -0.128. The van der Waals surface area contributed by atoms with Crippen molar-refractivity contribution in [2.75, 3.05) is 69.3 Å². The second-order valence-corrected chi connectivity index (χ2v) is 11.2. The highest BCUT2D eigenvalue weighted by Crippen LogP contribution is 2.35. The SMILES string of the molecule is C=CC(=O)N1CCN(c2nc(OC[C@H]3CN(C)CCO3)nc3c2CCN(c2cccc4ccccc24)C3)CC1CC#N. The minimum atomic E-state index is -0.244. The monoisotopic (exact) mass is 567 g/mol. The zero-order chi connectivity index (χ0) is 29.1. The highest BCUT2D eigenvalue weighted by Gasteiger charge is 2.33. The molecule has 0 radical (unpaired) electrons. The molecule has 2 aromatic carbocycles. The van der Waals surface area contributed by atoms with Crippen molar-refractivity contribution in [1.29, 1.82) is 5.26 Å². The van der Waals surface area contributed by atoms with E-state index in [2.05, 4.69) is 76.9 Å². The van der Waals surface area contributed by atoms with Crippen LogP contribution in [-0.2, 0) is 22.5 Å². The van der Waals surface area contributed by atoms with Gasteiger partial charge in [0.15, 0.2) is 0 Å². The van der Waals surface area contributed by atoms with Gasteiger partial charge in [-0.25, -0.2) is 0 Å². The van der Waals surface area contributed by atoms with E-state index in [4.69, 9.17) is 19.4 Å². The van der Waals surface area contributed by atoms with Crippen LogP contribution in [0.4, 0.5) is 11.5 Å². The van der Waals surface area contributed by atoms with Crippen LogP contribution in [-0.4, -0.2) is 97.4 Å². The van der Waals surface area contributed by atoms with Crippen LogP contribution >= 0.6 is 0 Å². The molecule has 1 unspecified atom stereocenters. The number of benzene rings is 2. The largest absolute Gasteiger partial charge is 0.461 e. The number of amides is 1. The summed E-state index contributed by atoms with van der Waals surface area (Å²) in [5.41, 5.74) is 3.23. The summed E-state index contributed by atoms with van der Waals surface area (Å²) in [6, 6.07) is 17.2. The van der Waals surface area contributed by atoms with Gasteiger partial charge >= 0.3 is 6.01 Å². The molecule has 2 saturated heterocycles. The predicted octanol–water partition coefficient (Wildman–Crippen LogP) is 3.02. The minimum absolute atomic E-state index is 0.0486. The topological polar surface area (TPSA) is 98.1 Å². The number of nitrogens with zero attached hydrogens (tertiary/aromatic N) is 7. The van der Waals surface area contributed by atoms with Crippen molar-refractivity contribution in [3.8, 4) is 12.1 Å². The zero-order valence-corrected chi connectivity index (χ0v) is 24.1. The first kappa shape index (κ1) is 27.9. The van der Waals surface area contributed by atoms with Crippen LogP contribution in [0.25, 0.3) is 10.8 Å². The van der Waals surface area contributed by atoms with Crippen molar-refractivity contribution < 1.29 is 14.3 Å². The summed E-state index contributed by atoms with van der Waals surface area (Å²) in [6.45, 7) is 9.47. The third-order valence-electron chi connectivity index (χ3n) is 8.44. The molecule has 42 heavy (non-hydrogen) atoms. The summed E-state index contributed by atoms with van der Waals surface area (Å²) in [4.78, 5) is 31.0. The van der Waals surface area contributed by atoms with Crippen molar-refractivity contribution in [2.24, 2.45) is 0 Å². The summed E-state index contributed by atoms with van der Waals surface area (Å²) in [5, 5.41) is 11.9. The lowest BCUT2D eigenvalue weighted by Crippen LogP contribution is -2.55. The summed E-state index contributed by atoms with van der Waals surface area (Å²) in [6.07, 6.45) is 2.30. The van der Waals surface area contributed by atoms with Crippen LogP contribution in [0, 0.1) is 11.3 Å². The number of aromatic nitrogens is 2. The van der Waals surface area contributed by atoms with Crippen molar-refractivity contribution >= 4 is 28.2 Å². The lowest BCUT2D eigenvalue weighted by atomic mass is 10.0. The van der Waals surface area contributed by atoms with E-state index in [1.807, 2.05) is 0 Å². The highest BCUT2D eigenvalue weighted by atomic mass is 16.5. The Bertz CT molecular complexity index is 1500. The van der Waals surface area contributed by atoms with Crippen molar-refractivity contribution in [1.82, 2.24) is 19.8 Å². The van der Waals surface area contributed by atoms with Crippen LogP contribution in [0.3, 0.4) is 0 Å². The van der Waals surface area contributed by atoms with Gasteiger partial charge in [0.05, 0.1) is 37.4 Å². The van der Waals surface area contributed by atoms with Crippen LogP contribution in [0.5, 0.6) is 6.01 Å². The Morgan fingerprint density at radius 2 is 1.98 bits per heavy atom. The van der Waals surface area contributed by atoms with Crippen molar-refractivity contribution in [3.63, 3.8) is 0 Å². The molecule has 4 heterocycles. The van der Waals surface area contributed by atoms with E-state index in [0.717, 1.165) is 43.1 Å². The maximum atomic E-state index is 12.5. The maximum Gasteiger partial charge on any atom is 0.318 e. The smallest absolute Gasteiger partial charge is 0.318 e. The number of nitriles is 1. The number of hydrogen-bond acceptors (Lipinski definition) is 9. The molecule has 0 N–H and O–H groups in total. The predicted molar refractivity (Wildman–Crippen MR) is 162 cm³/mol. The van der Waals surface area contributed by atoms with E-state index in [0.29, 0.717) is 45.4 Å². The number of ether oxygens (including phenoxy) is 2. The molecular weight excluding hydrogens is 530 g/mol. The van der Waals surface area contributed by atoms with Gasteiger partial charge in [-0.1, -0.05) is 43.0 Å². The van der Waals surface area contributed by atoms with E-state index >= 15 is 0 Å². The van der Waals surface area contributed by atoms with Crippen LogP contribution in [0.1, 0.15) is 17.7 Å². The molecule has 218 valence electrons. The molecule has 2 atom stereocenters. The molecule has 10 nitrogen and oxygen atoms in total. The molecule has 0 spiro atoms. The van der Waals surface area contributed by atoms with Gasteiger partial charge in [0.1, 0.15) is 18.5 Å². The minimum Gasteiger partial charge on any atom is -0.461 e. The Morgan fingerprint density at radius 1 is 1.12 bits per heavy atom. The fourth-order valence-corrected chi connectivity index (χ4v) is 6.27. The van der Waals surface area contributed by atoms with Crippen LogP contribution in [0.15, 0.2) is 55.1 Å². The molecule has 2 fully saturated rings. The summed E-state index contributed by atoms with van der Waals surface area (Å²) in [5.74, 6) is 0.690. The van der Waals surface area contributed by atoms with Gasteiger partial charge in [-0.05, 0) is 31.0 Å². The van der Waals surface area contributed by atoms with E-state index in [1.165, 1.54) is 22.5 Å². The summed E-state index contributed by atoms with van der Waals surface area (Å²) < 4.78 is 12.1. The quantitative estimate of drug-likeness (QED) is 0.399. The zero-order valence-electron chi connectivity index (χ0n) is 24.1. The normalized spacial score (nSPS) is 21.1. The molecule has 3 aliphatic rings. The van der Waals surface area contributed by atoms with Gasteiger partial charge in [0, 0.05) is 55.9 Å². The molecule has 3 aliphatic heterocycles. The first-order valence-corrected chi connectivity index (χ1v) is 14.6. The lowest BCUT2D eigenvalue weighted by Gasteiger charge is -2.42. The van der Waals surface area contributed by atoms with Gasteiger partial charge in [0.25, 0.3) is 0 Å². The maximum absolute atomic E-state index is 12.5. The average Bonchev–Trinajstić information content (AvgIpc) is 3.02. The number of carbonyl (C=O) groups is 1. The third kappa shape index (κ3) is 5.75. The fraction of sp³-hybridized carbons (Fsp3) is 0.438. The van der Waals surface area contributed by atoms with Gasteiger partial charge in [-0.15, -0.1) is 0 Å². The number of morpholine rings is 1. The molecule has 1 amide bonds. The Morgan fingerprint density at radius 3 is 2.81 bits per heavy atom. The first-order valence-electron chi connectivity index (χ1n) is 14.6. The van der Waals surface area contributed by atoms with Crippen LogP contribution in [0.2, 0.25) is 0 Å². The second kappa shape index (κ2) is 12.3. The Kier molecular flexibility index (Phi) is 8.22. The Labute approximate surface area is 246 Å². The third-order valence-corrected chi connectivity index (χ3v) is 8.44. The molecule has 0 aliphatic carbocycles. The second-order valence-electron chi connectivity index (χ2n) is 11.2. The van der Waals surface area contributed by atoms with E-state index in [9.17, 15) is 10.1 Å². The molecule has 10 heteroatoms. The molecule has 0 bridgehead atoms. The number of carbonyl (C=O) groups excluding carboxylic acids is 1. The highest BCUT2D eigenvalue weighted by molar-refractivity contribution is 5.94. The van der Waals surface area contributed by atoms with E-state index < -0.39 is 0 Å². The fourth-order valence-electron chi connectivity index (χ4n) is 6.27. The van der Waals surface area contributed by atoms with Crippen molar-refractivity contribution in [2.45, 2.75) is 31.5 Å². The standard InChI is InChI=1S/C32H37N7O3/c1-3-30(40)39-16-15-38(19-24(39)11-13-33)31-27-12-14-37(29-10-6-8-23-7-4-5-9-26(23)29)21-28(27)34-32(35-31)42-22-25-20-36(2)17-18-41-25/h3-10,24-25H,1,11-12,14-22H2,2H3/t24?,25-/m1/s1.